The van der Waals surface area contributed by atoms with E-state index in [0.29, 0.717) is 16.8 Å². The smallest absolute Gasteiger partial charge is 0.257 e. The van der Waals surface area contributed by atoms with E-state index in [2.05, 4.69) is 27.2 Å². The zero-order valence-corrected chi connectivity index (χ0v) is 11.9. The maximum atomic E-state index is 12.2. The second-order valence-corrected chi connectivity index (χ2v) is 4.39. The molecule has 2 aromatic rings. The topological polar surface area (TPSA) is 80.0 Å². The number of pyridine rings is 1. The molecule has 0 aliphatic carbocycles. The highest BCUT2D eigenvalue weighted by atomic mass is 16.2. The average molecular weight is 284 g/mol. The molecule has 0 aliphatic rings. The van der Waals surface area contributed by atoms with Gasteiger partial charge in [-0.25, -0.2) is 0 Å². The van der Waals surface area contributed by atoms with Crippen LogP contribution in [-0.4, -0.2) is 32.4 Å². The second kappa shape index (κ2) is 6.68. The molecule has 0 atom stereocenters. The summed E-state index contributed by atoms with van der Waals surface area (Å²) in [5.74, 6) is 4.98. The third-order valence-corrected chi connectivity index (χ3v) is 2.80. The van der Waals surface area contributed by atoms with Crippen molar-refractivity contribution in [3.8, 4) is 11.8 Å². The van der Waals surface area contributed by atoms with Gasteiger partial charge >= 0.3 is 0 Å². The molecule has 6 nitrogen and oxygen atoms in total. The fourth-order valence-corrected chi connectivity index (χ4v) is 1.87. The summed E-state index contributed by atoms with van der Waals surface area (Å²) in [6, 6.07) is 1.63. The lowest BCUT2D eigenvalue weighted by Crippen LogP contribution is -2.13. The molecule has 2 rings (SSSR count). The number of anilines is 1. The summed E-state index contributed by atoms with van der Waals surface area (Å²) in [5.41, 5.74) is 2.51. The van der Waals surface area contributed by atoms with E-state index in [-0.39, 0.29) is 12.5 Å². The molecule has 1 amide bonds. The van der Waals surface area contributed by atoms with Crippen LogP contribution < -0.4 is 5.32 Å². The van der Waals surface area contributed by atoms with Crippen molar-refractivity contribution >= 4 is 11.6 Å². The standard InChI is InChI=1S/C15H16N4O2/c1-3-13-14(10-19(2)18-13)17-15(21)12-7-11(5-4-6-20)8-16-9-12/h7-10,20H,3,6H2,1-2H3,(H,17,21). The molecule has 0 saturated heterocycles. The normalized spacial score (nSPS) is 9.86. The largest absolute Gasteiger partial charge is 0.384 e. The van der Waals surface area contributed by atoms with Crippen LogP contribution in [0.4, 0.5) is 5.69 Å². The van der Waals surface area contributed by atoms with Crippen molar-refractivity contribution in [3.05, 3.63) is 41.5 Å². The molecule has 0 unspecified atom stereocenters. The van der Waals surface area contributed by atoms with Crippen LogP contribution in [-0.2, 0) is 13.5 Å². The maximum Gasteiger partial charge on any atom is 0.257 e. The number of aryl methyl sites for hydroxylation is 2. The minimum atomic E-state index is -0.266. The lowest BCUT2D eigenvalue weighted by molar-refractivity contribution is 0.102. The van der Waals surface area contributed by atoms with Gasteiger partial charge in [-0.15, -0.1) is 0 Å². The van der Waals surface area contributed by atoms with E-state index in [9.17, 15) is 4.79 Å². The summed E-state index contributed by atoms with van der Waals surface area (Å²) in [4.78, 5) is 16.2. The van der Waals surface area contributed by atoms with Gasteiger partial charge in [0.15, 0.2) is 0 Å². The number of carbonyl (C=O) groups is 1. The Kier molecular flexibility index (Phi) is 4.69. The summed E-state index contributed by atoms with van der Waals surface area (Å²) in [6.45, 7) is 1.75. The third kappa shape index (κ3) is 3.68. The summed E-state index contributed by atoms with van der Waals surface area (Å²) < 4.78 is 1.66. The van der Waals surface area contributed by atoms with Gasteiger partial charge in [0.2, 0.25) is 0 Å². The minimum Gasteiger partial charge on any atom is -0.384 e. The van der Waals surface area contributed by atoms with E-state index in [0.717, 1.165) is 12.1 Å². The molecule has 21 heavy (non-hydrogen) atoms. The van der Waals surface area contributed by atoms with Crippen LogP contribution in [0.5, 0.6) is 0 Å². The Morgan fingerprint density at radius 3 is 3.00 bits per heavy atom. The van der Waals surface area contributed by atoms with Gasteiger partial charge < -0.3 is 10.4 Å². The van der Waals surface area contributed by atoms with Crippen molar-refractivity contribution in [1.29, 1.82) is 0 Å². The number of nitrogens with zero attached hydrogens (tertiary/aromatic N) is 3. The van der Waals surface area contributed by atoms with Gasteiger partial charge in [0.1, 0.15) is 6.61 Å². The van der Waals surface area contributed by atoms with Crippen LogP contribution in [0.25, 0.3) is 0 Å². The summed E-state index contributed by atoms with van der Waals surface area (Å²) in [5, 5.41) is 15.8. The molecule has 0 aliphatic heterocycles. The molecule has 0 spiro atoms. The van der Waals surface area contributed by atoms with Crippen molar-refractivity contribution in [2.45, 2.75) is 13.3 Å². The fraction of sp³-hybridized carbons (Fsp3) is 0.267. The van der Waals surface area contributed by atoms with Gasteiger partial charge in [-0.2, -0.15) is 5.10 Å². The van der Waals surface area contributed by atoms with Gasteiger partial charge in [0.25, 0.3) is 5.91 Å². The first kappa shape index (κ1) is 14.8. The van der Waals surface area contributed by atoms with Crippen LogP contribution in [0.1, 0.15) is 28.5 Å². The monoisotopic (exact) mass is 284 g/mol. The summed E-state index contributed by atoms with van der Waals surface area (Å²) >= 11 is 0. The molecule has 0 bridgehead atoms. The fourth-order valence-electron chi connectivity index (χ4n) is 1.87. The minimum absolute atomic E-state index is 0.230. The Bertz CT molecular complexity index is 710. The SMILES string of the molecule is CCc1nn(C)cc1NC(=O)c1cncc(C#CCO)c1. The first-order valence-corrected chi connectivity index (χ1v) is 6.52. The first-order valence-electron chi connectivity index (χ1n) is 6.52. The Labute approximate surface area is 122 Å². The van der Waals surface area contributed by atoms with E-state index in [4.69, 9.17) is 5.11 Å². The molecular formula is C15H16N4O2. The van der Waals surface area contributed by atoms with Gasteiger partial charge in [-0.3, -0.25) is 14.5 Å². The van der Waals surface area contributed by atoms with Gasteiger partial charge in [-0.1, -0.05) is 18.8 Å². The van der Waals surface area contributed by atoms with E-state index < -0.39 is 0 Å². The highest BCUT2D eigenvalue weighted by Gasteiger charge is 2.12. The van der Waals surface area contributed by atoms with Crippen molar-refractivity contribution in [3.63, 3.8) is 0 Å². The molecule has 2 heterocycles. The molecule has 108 valence electrons. The Balaban J connectivity index is 2.20. The number of nitrogens with one attached hydrogen (secondary N) is 1. The molecule has 0 radical (unpaired) electrons. The van der Waals surface area contributed by atoms with Crippen molar-refractivity contribution in [2.24, 2.45) is 7.05 Å². The number of rotatable bonds is 3. The number of carbonyl (C=O) groups excluding carboxylic acids is 1. The molecule has 2 aromatic heterocycles. The lowest BCUT2D eigenvalue weighted by atomic mass is 10.2. The second-order valence-electron chi connectivity index (χ2n) is 4.39. The Morgan fingerprint density at radius 1 is 1.48 bits per heavy atom. The average Bonchev–Trinajstić information content (AvgIpc) is 2.85. The number of hydrogen-bond donors (Lipinski definition) is 2. The Morgan fingerprint density at radius 2 is 2.29 bits per heavy atom. The lowest BCUT2D eigenvalue weighted by Gasteiger charge is -2.04. The quantitative estimate of drug-likeness (QED) is 0.823. The maximum absolute atomic E-state index is 12.2. The van der Waals surface area contributed by atoms with Crippen LogP contribution >= 0.6 is 0 Å². The van der Waals surface area contributed by atoms with E-state index in [1.165, 1.54) is 6.20 Å². The number of aliphatic hydroxyl groups excluding tert-OH is 1. The summed E-state index contributed by atoms with van der Waals surface area (Å²) in [6.07, 6.45) is 5.51. The predicted octanol–water partition coefficient (Wildman–Crippen LogP) is 0.974. The molecular weight excluding hydrogens is 268 g/mol. The highest BCUT2D eigenvalue weighted by molar-refractivity contribution is 6.04. The number of aromatic nitrogens is 3. The van der Waals surface area contributed by atoms with Gasteiger partial charge in [0, 0.05) is 31.2 Å². The summed E-state index contributed by atoms with van der Waals surface area (Å²) in [7, 11) is 1.81. The third-order valence-electron chi connectivity index (χ3n) is 2.80. The number of aliphatic hydroxyl groups is 1. The van der Waals surface area contributed by atoms with Gasteiger partial charge in [0.05, 0.1) is 16.9 Å². The van der Waals surface area contributed by atoms with Crippen LogP contribution in [0.2, 0.25) is 0 Å². The van der Waals surface area contributed by atoms with Crippen molar-refractivity contribution < 1.29 is 9.90 Å². The van der Waals surface area contributed by atoms with Gasteiger partial charge in [-0.05, 0) is 12.5 Å². The Hall–Kier alpha value is -2.65. The zero-order valence-electron chi connectivity index (χ0n) is 11.9. The number of hydrogen-bond acceptors (Lipinski definition) is 4. The molecule has 6 heteroatoms. The number of amides is 1. The van der Waals surface area contributed by atoms with E-state index >= 15 is 0 Å². The molecule has 0 aromatic carbocycles. The van der Waals surface area contributed by atoms with Crippen molar-refractivity contribution in [2.75, 3.05) is 11.9 Å². The van der Waals surface area contributed by atoms with E-state index in [1.807, 2.05) is 14.0 Å². The molecule has 0 saturated carbocycles. The van der Waals surface area contributed by atoms with E-state index in [1.54, 1.807) is 23.1 Å². The molecule has 0 fully saturated rings. The van der Waals surface area contributed by atoms with Crippen LogP contribution in [0, 0.1) is 11.8 Å². The zero-order chi connectivity index (χ0) is 15.2. The van der Waals surface area contributed by atoms with Crippen LogP contribution in [0.3, 0.4) is 0 Å². The molecule has 2 N–H and O–H groups in total. The van der Waals surface area contributed by atoms with Crippen molar-refractivity contribution in [1.82, 2.24) is 14.8 Å². The first-order chi connectivity index (χ1) is 10.1. The highest BCUT2D eigenvalue weighted by Crippen LogP contribution is 2.15. The van der Waals surface area contributed by atoms with Crippen LogP contribution in [0.15, 0.2) is 24.7 Å². The predicted molar refractivity (Wildman–Crippen MR) is 78.7 cm³/mol.